The summed E-state index contributed by atoms with van der Waals surface area (Å²) < 4.78 is 0. The summed E-state index contributed by atoms with van der Waals surface area (Å²) in [6.45, 7) is 4.36. The number of amides is 1. The number of carbonyl (C=O) groups excluding carboxylic acids is 1. The van der Waals surface area contributed by atoms with Crippen LogP contribution in [0.25, 0.3) is 0 Å². The molecule has 1 saturated heterocycles. The molecule has 5 heteroatoms. The van der Waals surface area contributed by atoms with Crippen LogP contribution >= 0.6 is 11.8 Å². The van der Waals surface area contributed by atoms with Crippen LogP contribution in [0.3, 0.4) is 0 Å². The highest BCUT2D eigenvalue weighted by Gasteiger charge is 2.21. The van der Waals surface area contributed by atoms with Crippen molar-refractivity contribution in [2.75, 3.05) is 18.4 Å². The first-order valence-corrected chi connectivity index (χ1v) is 10.3. The molecular weight excluding hydrogens is 342 g/mol. The molecule has 1 aliphatic heterocycles. The number of hydrogen-bond donors (Lipinski definition) is 2. The molecule has 1 aliphatic rings. The highest BCUT2D eigenvalue weighted by Crippen LogP contribution is 2.26. The molecule has 138 valence electrons. The monoisotopic (exact) mass is 369 g/mol. The molecule has 26 heavy (non-hydrogen) atoms. The average molecular weight is 370 g/mol. The summed E-state index contributed by atoms with van der Waals surface area (Å²) >= 11 is 1.77. The van der Waals surface area contributed by atoms with Gasteiger partial charge in [-0.2, -0.15) is 0 Å². The van der Waals surface area contributed by atoms with Crippen LogP contribution in [0.15, 0.2) is 53.7 Å². The van der Waals surface area contributed by atoms with Gasteiger partial charge in [-0.1, -0.05) is 13.0 Å². The van der Waals surface area contributed by atoms with Gasteiger partial charge in [-0.05, 0) is 73.7 Å². The summed E-state index contributed by atoms with van der Waals surface area (Å²) in [5.74, 6) is 2.11. The van der Waals surface area contributed by atoms with Gasteiger partial charge in [0.2, 0.25) is 5.91 Å². The maximum Gasteiger partial charge on any atom is 0.224 e. The van der Waals surface area contributed by atoms with Crippen LogP contribution in [0.2, 0.25) is 0 Å². The molecule has 1 amide bonds. The fourth-order valence-corrected chi connectivity index (χ4v) is 4.20. The van der Waals surface area contributed by atoms with E-state index in [1.54, 1.807) is 18.0 Å². The second-order valence-corrected chi connectivity index (χ2v) is 8.04. The Labute approximate surface area is 160 Å². The Bertz CT molecular complexity index is 684. The van der Waals surface area contributed by atoms with E-state index in [2.05, 4.69) is 40.7 Å². The molecule has 2 N–H and O–H groups in total. The zero-order chi connectivity index (χ0) is 18.2. The van der Waals surface area contributed by atoms with E-state index in [1.807, 2.05) is 24.4 Å². The van der Waals surface area contributed by atoms with Crippen molar-refractivity contribution in [3.8, 4) is 0 Å². The standard InChI is InChI=1S/C21H27N3OS/c1-16(18-8-11-22-12-9-18)13-21(25)24-19-4-6-20(7-5-19)26-15-17-3-2-10-23-14-17/h2-7,10,14,16,18,22H,8-9,11-13,15H2,1H3,(H,24,25). The molecule has 2 heterocycles. The van der Waals surface area contributed by atoms with Gasteiger partial charge in [0.05, 0.1) is 0 Å². The summed E-state index contributed by atoms with van der Waals surface area (Å²) in [4.78, 5) is 17.6. The Hall–Kier alpha value is -1.85. The highest BCUT2D eigenvalue weighted by molar-refractivity contribution is 7.98. The summed E-state index contributed by atoms with van der Waals surface area (Å²) in [6.07, 6.45) is 6.64. The normalized spacial score (nSPS) is 16.2. The van der Waals surface area contributed by atoms with E-state index >= 15 is 0 Å². The van der Waals surface area contributed by atoms with E-state index in [1.165, 1.54) is 23.3 Å². The van der Waals surface area contributed by atoms with E-state index in [0.717, 1.165) is 24.5 Å². The maximum atomic E-state index is 12.3. The van der Waals surface area contributed by atoms with Crippen LogP contribution < -0.4 is 10.6 Å². The summed E-state index contributed by atoms with van der Waals surface area (Å²) in [5, 5.41) is 6.42. The van der Waals surface area contributed by atoms with Gasteiger partial charge in [0, 0.05) is 35.2 Å². The molecule has 0 saturated carbocycles. The zero-order valence-corrected chi connectivity index (χ0v) is 16.1. The van der Waals surface area contributed by atoms with Crippen LogP contribution in [0, 0.1) is 11.8 Å². The fraction of sp³-hybridized carbons (Fsp3) is 0.429. The number of piperidine rings is 1. The molecule has 1 aromatic heterocycles. The molecule has 0 aliphatic carbocycles. The summed E-state index contributed by atoms with van der Waals surface area (Å²) in [7, 11) is 0. The molecule has 0 spiro atoms. The van der Waals surface area contributed by atoms with Crippen LogP contribution in [-0.4, -0.2) is 24.0 Å². The molecule has 0 bridgehead atoms. The van der Waals surface area contributed by atoms with Gasteiger partial charge >= 0.3 is 0 Å². The van der Waals surface area contributed by atoms with Crippen molar-refractivity contribution in [2.24, 2.45) is 11.8 Å². The third-order valence-electron chi connectivity index (χ3n) is 4.96. The molecule has 0 radical (unpaired) electrons. The predicted octanol–water partition coefficient (Wildman–Crippen LogP) is 4.34. The lowest BCUT2D eigenvalue weighted by Gasteiger charge is -2.27. The lowest BCUT2D eigenvalue weighted by Crippen LogP contribution is -2.32. The molecule has 1 fully saturated rings. The Morgan fingerprint density at radius 3 is 2.73 bits per heavy atom. The van der Waals surface area contributed by atoms with E-state index in [4.69, 9.17) is 0 Å². The topological polar surface area (TPSA) is 54.0 Å². The van der Waals surface area contributed by atoms with Gasteiger partial charge in [0.15, 0.2) is 0 Å². The van der Waals surface area contributed by atoms with E-state index in [9.17, 15) is 4.79 Å². The number of hydrogen-bond acceptors (Lipinski definition) is 4. The number of pyridine rings is 1. The lowest BCUT2D eigenvalue weighted by molar-refractivity contribution is -0.117. The number of nitrogens with zero attached hydrogens (tertiary/aromatic N) is 1. The SMILES string of the molecule is CC(CC(=O)Nc1ccc(SCc2cccnc2)cc1)C1CCNCC1. The quantitative estimate of drug-likeness (QED) is 0.713. The average Bonchev–Trinajstić information content (AvgIpc) is 2.69. The van der Waals surface area contributed by atoms with E-state index < -0.39 is 0 Å². The van der Waals surface area contributed by atoms with Crippen molar-refractivity contribution < 1.29 is 4.79 Å². The zero-order valence-electron chi connectivity index (χ0n) is 15.3. The summed E-state index contributed by atoms with van der Waals surface area (Å²) in [5.41, 5.74) is 2.08. The minimum Gasteiger partial charge on any atom is -0.326 e. The first-order valence-electron chi connectivity index (χ1n) is 9.33. The van der Waals surface area contributed by atoms with Gasteiger partial charge < -0.3 is 10.6 Å². The number of benzene rings is 1. The van der Waals surface area contributed by atoms with Crippen molar-refractivity contribution in [1.82, 2.24) is 10.3 Å². The predicted molar refractivity (Wildman–Crippen MR) is 108 cm³/mol. The first-order chi connectivity index (χ1) is 12.7. The van der Waals surface area contributed by atoms with Crippen LogP contribution in [0.5, 0.6) is 0 Å². The molecule has 1 aromatic carbocycles. The van der Waals surface area contributed by atoms with Gasteiger partial charge in [0.1, 0.15) is 0 Å². The van der Waals surface area contributed by atoms with Crippen molar-refractivity contribution in [3.63, 3.8) is 0 Å². The number of nitrogens with one attached hydrogen (secondary N) is 2. The molecule has 3 rings (SSSR count). The molecule has 2 aromatic rings. The van der Waals surface area contributed by atoms with Crippen LogP contribution in [0.4, 0.5) is 5.69 Å². The Balaban J connectivity index is 1.45. The Morgan fingerprint density at radius 2 is 2.04 bits per heavy atom. The van der Waals surface area contributed by atoms with Gasteiger partial charge in [-0.3, -0.25) is 9.78 Å². The largest absolute Gasteiger partial charge is 0.326 e. The maximum absolute atomic E-state index is 12.3. The molecule has 1 unspecified atom stereocenters. The van der Waals surface area contributed by atoms with Crippen molar-refractivity contribution in [1.29, 1.82) is 0 Å². The van der Waals surface area contributed by atoms with Gasteiger partial charge in [-0.25, -0.2) is 0 Å². The van der Waals surface area contributed by atoms with Crippen LogP contribution in [0.1, 0.15) is 31.7 Å². The summed E-state index contributed by atoms with van der Waals surface area (Å²) in [6, 6.07) is 12.1. The van der Waals surface area contributed by atoms with Crippen molar-refractivity contribution in [3.05, 3.63) is 54.4 Å². The second-order valence-electron chi connectivity index (χ2n) is 6.99. The first kappa shape index (κ1) is 18.9. The van der Waals surface area contributed by atoms with Crippen LogP contribution in [-0.2, 0) is 10.5 Å². The minimum absolute atomic E-state index is 0.117. The Morgan fingerprint density at radius 1 is 1.27 bits per heavy atom. The van der Waals surface area contributed by atoms with Crippen molar-refractivity contribution >= 4 is 23.4 Å². The van der Waals surface area contributed by atoms with Gasteiger partial charge in [0.25, 0.3) is 0 Å². The molecule has 4 nitrogen and oxygen atoms in total. The van der Waals surface area contributed by atoms with E-state index in [0.29, 0.717) is 18.3 Å². The lowest BCUT2D eigenvalue weighted by atomic mass is 9.84. The molecular formula is C21H27N3OS. The number of aromatic nitrogens is 1. The fourth-order valence-electron chi connectivity index (χ4n) is 3.37. The third kappa shape index (κ3) is 5.85. The number of carbonyl (C=O) groups is 1. The number of thioether (sulfide) groups is 1. The number of anilines is 1. The smallest absolute Gasteiger partial charge is 0.224 e. The Kier molecular flexibility index (Phi) is 7.09. The minimum atomic E-state index is 0.117. The highest BCUT2D eigenvalue weighted by atomic mass is 32.2. The number of rotatable bonds is 7. The molecule has 1 atom stereocenters. The van der Waals surface area contributed by atoms with Gasteiger partial charge in [-0.15, -0.1) is 11.8 Å². The third-order valence-corrected chi connectivity index (χ3v) is 6.05. The van der Waals surface area contributed by atoms with Crippen molar-refractivity contribution in [2.45, 2.75) is 36.8 Å². The van der Waals surface area contributed by atoms with E-state index in [-0.39, 0.29) is 5.91 Å². The second kappa shape index (κ2) is 9.74.